The molecule has 0 saturated carbocycles. The molecule has 1 unspecified atom stereocenters. The second-order valence-corrected chi connectivity index (χ2v) is 4.83. The van der Waals surface area contributed by atoms with Gasteiger partial charge in [-0.3, -0.25) is 9.78 Å². The maximum atomic E-state index is 11.6. The number of carbonyl (C=O) groups is 1. The fourth-order valence-corrected chi connectivity index (χ4v) is 2.64. The van der Waals surface area contributed by atoms with E-state index in [1.54, 1.807) is 6.20 Å². The van der Waals surface area contributed by atoms with E-state index < -0.39 is 0 Å². The summed E-state index contributed by atoms with van der Waals surface area (Å²) in [6.45, 7) is 0. The van der Waals surface area contributed by atoms with Crippen LogP contribution in [0.1, 0.15) is 11.1 Å². The van der Waals surface area contributed by atoms with Crippen LogP contribution in [-0.2, 0) is 22.4 Å². The molecule has 1 aliphatic carbocycles. The Hall–Kier alpha value is -2.16. The molecule has 1 aromatic carbocycles. The molecule has 0 fully saturated rings. The number of hydrogen-bond acceptors (Lipinski definition) is 3. The van der Waals surface area contributed by atoms with E-state index in [1.807, 2.05) is 18.2 Å². The lowest BCUT2D eigenvalue weighted by atomic mass is 10.0. The second-order valence-electron chi connectivity index (χ2n) is 4.83. The van der Waals surface area contributed by atoms with Crippen molar-refractivity contribution in [3.05, 3.63) is 53.7 Å². The lowest BCUT2D eigenvalue weighted by Crippen LogP contribution is -2.15. The van der Waals surface area contributed by atoms with Gasteiger partial charge in [0.1, 0.15) is 0 Å². The molecule has 0 radical (unpaired) electrons. The molecule has 0 bridgehead atoms. The fraction of sp³-hybridized carbons (Fsp3) is 0.250. The molecule has 19 heavy (non-hydrogen) atoms. The number of aromatic nitrogens is 1. The number of pyridine rings is 1. The van der Waals surface area contributed by atoms with Crippen molar-refractivity contribution in [2.24, 2.45) is 5.92 Å². The first-order valence-corrected chi connectivity index (χ1v) is 6.39. The number of fused-ring (bicyclic) bond motifs is 1. The molecule has 2 aromatic rings. The maximum absolute atomic E-state index is 11.6. The highest BCUT2D eigenvalue weighted by Crippen LogP contribution is 2.30. The molecule has 0 N–H and O–H groups in total. The summed E-state index contributed by atoms with van der Waals surface area (Å²) >= 11 is 0. The van der Waals surface area contributed by atoms with Gasteiger partial charge in [-0.25, -0.2) is 0 Å². The summed E-state index contributed by atoms with van der Waals surface area (Å²) in [4.78, 5) is 16.0. The molecular weight excluding hydrogens is 238 g/mol. The molecular formula is C16H15NO2. The summed E-state index contributed by atoms with van der Waals surface area (Å²) in [5.41, 5.74) is 4.55. The van der Waals surface area contributed by atoms with Gasteiger partial charge >= 0.3 is 5.97 Å². The normalized spacial score (nSPS) is 17.0. The third-order valence-corrected chi connectivity index (χ3v) is 3.63. The second kappa shape index (κ2) is 4.84. The van der Waals surface area contributed by atoms with Crippen molar-refractivity contribution >= 4 is 5.97 Å². The number of rotatable bonds is 2. The minimum absolute atomic E-state index is 0.0287. The van der Waals surface area contributed by atoms with Crippen LogP contribution in [0.5, 0.6) is 0 Å². The smallest absolute Gasteiger partial charge is 0.309 e. The summed E-state index contributed by atoms with van der Waals surface area (Å²) in [6.07, 6.45) is 3.34. The number of carbonyl (C=O) groups excluding carboxylic acids is 1. The average molecular weight is 253 g/mol. The summed E-state index contributed by atoms with van der Waals surface area (Å²) < 4.78 is 4.83. The van der Waals surface area contributed by atoms with Gasteiger partial charge in [-0.05, 0) is 42.2 Å². The standard InChI is InChI=1S/C16H15NO2/c1-19-16(18)14-8-11-5-6-12(9-13(11)10-14)15-4-2-3-7-17-15/h2-7,9,14H,8,10H2,1H3. The van der Waals surface area contributed by atoms with E-state index >= 15 is 0 Å². The monoisotopic (exact) mass is 253 g/mol. The van der Waals surface area contributed by atoms with Crippen LogP contribution >= 0.6 is 0 Å². The Morgan fingerprint density at radius 1 is 1.21 bits per heavy atom. The van der Waals surface area contributed by atoms with Crippen LogP contribution in [0, 0.1) is 5.92 Å². The lowest BCUT2D eigenvalue weighted by molar-refractivity contribution is -0.145. The van der Waals surface area contributed by atoms with Crippen molar-refractivity contribution in [3.8, 4) is 11.3 Å². The summed E-state index contributed by atoms with van der Waals surface area (Å²) in [6, 6.07) is 12.2. The number of nitrogens with zero attached hydrogens (tertiary/aromatic N) is 1. The first-order chi connectivity index (χ1) is 9.28. The fourth-order valence-electron chi connectivity index (χ4n) is 2.64. The van der Waals surface area contributed by atoms with Gasteiger partial charge in [0.05, 0.1) is 18.7 Å². The maximum Gasteiger partial charge on any atom is 0.309 e. The van der Waals surface area contributed by atoms with Crippen LogP contribution < -0.4 is 0 Å². The Morgan fingerprint density at radius 2 is 2.05 bits per heavy atom. The highest BCUT2D eigenvalue weighted by molar-refractivity contribution is 5.75. The summed E-state index contributed by atoms with van der Waals surface area (Å²) in [5.74, 6) is -0.144. The highest BCUT2D eigenvalue weighted by atomic mass is 16.5. The Bertz CT molecular complexity index is 607. The lowest BCUT2D eigenvalue weighted by Gasteiger charge is -2.04. The first kappa shape index (κ1) is 11.9. The molecule has 0 spiro atoms. The van der Waals surface area contributed by atoms with E-state index in [0.29, 0.717) is 0 Å². The predicted octanol–water partition coefficient (Wildman–Crippen LogP) is 2.64. The topological polar surface area (TPSA) is 39.2 Å². The van der Waals surface area contributed by atoms with Crippen molar-refractivity contribution in [2.75, 3.05) is 7.11 Å². The average Bonchev–Trinajstić information content (AvgIpc) is 2.90. The Labute approximate surface area is 112 Å². The zero-order chi connectivity index (χ0) is 13.2. The minimum atomic E-state index is -0.115. The molecule has 0 amide bonds. The summed E-state index contributed by atoms with van der Waals surface area (Å²) in [7, 11) is 1.45. The molecule has 1 aromatic heterocycles. The van der Waals surface area contributed by atoms with E-state index in [0.717, 1.165) is 24.1 Å². The Balaban J connectivity index is 1.90. The molecule has 1 heterocycles. The van der Waals surface area contributed by atoms with Crippen molar-refractivity contribution in [1.82, 2.24) is 4.98 Å². The van der Waals surface area contributed by atoms with Crippen LogP contribution in [0.3, 0.4) is 0 Å². The van der Waals surface area contributed by atoms with Gasteiger partial charge in [0, 0.05) is 11.8 Å². The van der Waals surface area contributed by atoms with E-state index in [4.69, 9.17) is 4.74 Å². The molecule has 3 nitrogen and oxygen atoms in total. The van der Waals surface area contributed by atoms with Gasteiger partial charge in [0.15, 0.2) is 0 Å². The zero-order valence-corrected chi connectivity index (χ0v) is 10.8. The van der Waals surface area contributed by atoms with Gasteiger partial charge in [-0.15, -0.1) is 0 Å². The van der Waals surface area contributed by atoms with E-state index in [2.05, 4.69) is 23.2 Å². The molecule has 1 atom stereocenters. The number of hydrogen-bond donors (Lipinski definition) is 0. The third kappa shape index (κ3) is 2.24. The highest BCUT2D eigenvalue weighted by Gasteiger charge is 2.28. The molecule has 0 saturated heterocycles. The number of methoxy groups -OCH3 is 1. The van der Waals surface area contributed by atoms with Crippen LogP contribution in [-0.4, -0.2) is 18.1 Å². The quantitative estimate of drug-likeness (QED) is 0.772. The third-order valence-electron chi connectivity index (χ3n) is 3.63. The van der Waals surface area contributed by atoms with E-state index in [-0.39, 0.29) is 11.9 Å². The molecule has 1 aliphatic rings. The minimum Gasteiger partial charge on any atom is -0.469 e. The Morgan fingerprint density at radius 3 is 2.79 bits per heavy atom. The van der Waals surface area contributed by atoms with Crippen LogP contribution in [0.4, 0.5) is 0 Å². The number of benzene rings is 1. The van der Waals surface area contributed by atoms with Crippen molar-refractivity contribution in [1.29, 1.82) is 0 Å². The van der Waals surface area contributed by atoms with Crippen LogP contribution in [0.25, 0.3) is 11.3 Å². The number of esters is 1. The van der Waals surface area contributed by atoms with Crippen molar-refractivity contribution < 1.29 is 9.53 Å². The van der Waals surface area contributed by atoms with Gasteiger partial charge in [-0.1, -0.05) is 18.2 Å². The Kier molecular flexibility index (Phi) is 3.03. The van der Waals surface area contributed by atoms with E-state index in [1.165, 1.54) is 18.2 Å². The molecule has 3 rings (SSSR count). The van der Waals surface area contributed by atoms with Gasteiger partial charge < -0.3 is 4.74 Å². The van der Waals surface area contributed by atoms with Crippen LogP contribution in [0.15, 0.2) is 42.6 Å². The predicted molar refractivity (Wildman–Crippen MR) is 72.6 cm³/mol. The van der Waals surface area contributed by atoms with Crippen LogP contribution in [0.2, 0.25) is 0 Å². The molecule has 0 aliphatic heterocycles. The van der Waals surface area contributed by atoms with Gasteiger partial charge in [0.25, 0.3) is 0 Å². The molecule has 96 valence electrons. The van der Waals surface area contributed by atoms with E-state index in [9.17, 15) is 4.79 Å². The summed E-state index contributed by atoms with van der Waals surface area (Å²) in [5, 5.41) is 0. The first-order valence-electron chi connectivity index (χ1n) is 6.39. The van der Waals surface area contributed by atoms with Crippen molar-refractivity contribution in [2.45, 2.75) is 12.8 Å². The number of ether oxygens (including phenoxy) is 1. The largest absolute Gasteiger partial charge is 0.469 e. The van der Waals surface area contributed by atoms with Gasteiger partial charge in [-0.2, -0.15) is 0 Å². The zero-order valence-electron chi connectivity index (χ0n) is 10.8. The SMILES string of the molecule is COC(=O)C1Cc2ccc(-c3ccccn3)cc2C1. The van der Waals surface area contributed by atoms with Gasteiger partial charge in [0.2, 0.25) is 0 Å². The molecule has 3 heteroatoms. The van der Waals surface area contributed by atoms with Crippen molar-refractivity contribution in [3.63, 3.8) is 0 Å².